The number of amides is 1. The number of likely N-dealkylation sites (tertiary alicyclic amines) is 1. The molecule has 2 fully saturated rings. The van der Waals surface area contributed by atoms with E-state index in [9.17, 15) is 4.79 Å². The number of hydrogen-bond donors (Lipinski definition) is 1. The zero-order valence-electron chi connectivity index (χ0n) is 17.2. The van der Waals surface area contributed by atoms with E-state index in [1.807, 2.05) is 0 Å². The summed E-state index contributed by atoms with van der Waals surface area (Å²) in [6, 6.07) is 9.62. The van der Waals surface area contributed by atoms with Gasteiger partial charge in [-0.15, -0.1) is 0 Å². The summed E-state index contributed by atoms with van der Waals surface area (Å²) in [6.45, 7) is 5.67. The minimum atomic E-state index is 0.110. The van der Waals surface area contributed by atoms with Crippen molar-refractivity contribution < 1.29 is 9.53 Å². The molecule has 1 N–H and O–H groups in total. The van der Waals surface area contributed by atoms with E-state index in [1.165, 1.54) is 38.8 Å². The Morgan fingerprint density at radius 3 is 2.46 bits per heavy atom. The van der Waals surface area contributed by atoms with E-state index in [1.54, 1.807) is 18.2 Å². The molecule has 4 rings (SSSR count). The first-order valence-electron chi connectivity index (χ1n) is 11.1. The van der Waals surface area contributed by atoms with E-state index in [2.05, 4.69) is 39.4 Å². The lowest BCUT2D eigenvalue weighted by atomic mass is 9.94. The second-order valence-electron chi connectivity index (χ2n) is 8.81. The van der Waals surface area contributed by atoms with Crippen LogP contribution in [0.2, 0.25) is 0 Å². The van der Waals surface area contributed by atoms with Gasteiger partial charge in [-0.3, -0.25) is 14.6 Å². The number of rotatable bonds is 7. The maximum absolute atomic E-state index is 12.0. The van der Waals surface area contributed by atoms with Gasteiger partial charge in [-0.2, -0.15) is 0 Å². The first-order chi connectivity index (χ1) is 13.7. The first-order valence-corrected chi connectivity index (χ1v) is 11.1. The number of benzene rings is 1. The third kappa shape index (κ3) is 4.94. The van der Waals surface area contributed by atoms with Crippen molar-refractivity contribution in [3.63, 3.8) is 0 Å². The first kappa shape index (κ1) is 19.9. The largest absolute Gasteiger partial charge is 0.377 e. The van der Waals surface area contributed by atoms with E-state index >= 15 is 0 Å². The molecule has 0 aromatic heterocycles. The fourth-order valence-electron chi connectivity index (χ4n) is 5.22. The molecule has 28 heavy (non-hydrogen) atoms. The molecule has 2 aliphatic heterocycles. The number of carbonyl (C=O) groups excluding carboxylic acids is 1. The van der Waals surface area contributed by atoms with Crippen molar-refractivity contribution in [1.29, 1.82) is 0 Å². The average molecular weight is 386 g/mol. The number of piperidine rings is 1. The van der Waals surface area contributed by atoms with Crippen LogP contribution in [0.25, 0.3) is 0 Å². The predicted octanol–water partition coefficient (Wildman–Crippen LogP) is 2.09. The number of fused-ring (bicyclic) bond motifs is 1. The Morgan fingerprint density at radius 1 is 1.14 bits per heavy atom. The highest BCUT2D eigenvalue weighted by Gasteiger charge is 2.31. The molecular formula is C23H35N3O2. The highest BCUT2D eigenvalue weighted by Crippen LogP contribution is 2.29. The van der Waals surface area contributed by atoms with Crippen molar-refractivity contribution in [3.05, 3.63) is 35.4 Å². The van der Waals surface area contributed by atoms with Crippen molar-refractivity contribution in [1.82, 2.24) is 15.1 Å². The molecule has 1 aliphatic carbocycles. The Hall–Kier alpha value is -1.43. The van der Waals surface area contributed by atoms with E-state index in [-0.39, 0.29) is 5.91 Å². The predicted molar refractivity (Wildman–Crippen MR) is 111 cm³/mol. The van der Waals surface area contributed by atoms with Crippen LogP contribution in [0.1, 0.15) is 36.8 Å². The highest BCUT2D eigenvalue weighted by molar-refractivity contribution is 5.77. The molecule has 5 nitrogen and oxygen atoms in total. The topological polar surface area (TPSA) is 44.8 Å². The summed E-state index contributed by atoms with van der Waals surface area (Å²) in [4.78, 5) is 17.0. The number of nitrogens with one attached hydrogen (secondary N) is 1. The third-order valence-electron chi connectivity index (χ3n) is 6.84. The standard InChI is InChI=1S/C23H35N3O2/c1-24-23(27)17-25(16-22-7-4-12-28-22)15-18-8-10-26(11-9-18)21-13-19-5-2-3-6-20(19)14-21/h2-3,5-6,18,21-22H,4,7-17H2,1H3,(H,24,27)/t22-/m0/s1. The zero-order valence-corrected chi connectivity index (χ0v) is 17.2. The Kier molecular flexibility index (Phi) is 6.65. The van der Waals surface area contributed by atoms with Crippen LogP contribution >= 0.6 is 0 Å². The molecule has 1 amide bonds. The van der Waals surface area contributed by atoms with Crippen LogP contribution in [0, 0.1) is 5.92 Å². The SMILES string of the molecule is CNC(=O)CN(CC1CCN(C2Cc3ccccc3C2)CC1)C[C@@H]1CCCO1. The van der Waals surface area contributed by atoms with E-state index < -0.39 is 0 Å². The van der Waals surface area contributed by atoms with Crippen molar-refractivity contribution in [2.24, 2.45) is 5.92 Å². The van der Waals surface area contributed by atoms with Crippen molar-refractivity contribution in [2.45, 2.75) is 50.7 Å². The smallest absolute Gasteiger partial charge is 0.233 e. The summed E-state index contributed by atoms with van der Waals surface area (Å²) in [6.07, 6.45) is 7.49. The molecule has 1 aromatic carbocycles. The molecule has 3 aliphatic rings. The molecule has 5 heteroatoms. The summed E-state index contributed by atoms with van der Waals surface area (Å²) < 4.78 is 5.82. The number of likely N-dealkylation sites (N-methyl/N-ethyl adjacent to an activating group) is 1. The van der Waals surface area contributed by atoms with Crippen LogP contribution < -0.4 is 5.32 Å². The minimum Gasteiger partial charge on any atom is -0.377 e. The van der Waals surface area contributed by atoms with Gasteiger partial charge in [0.25, 0.3) is 0 Å². The van der Waals surface area contributed by atoms with Gasteiger partial charge in [-0.05, 0) is 68.7 Å². The quantitative estimate of drug-likeness (QED) is 0.781. The lowest BCUT2D eigenvalue weighted by Crippen LogP contribution is -2.46. The van der Waals surface area contributed by atoms with Crippen molar-refractivity contribution in [3.8, 4) is 0 Å². The van der Waals surface area contributed by atoms with Crippen LogP contribution in [0.5, 0.6) is 0 Å². The minimum absolute atomic E-state index is 0.110. The molecule has 0 saturated carbocycles. The molecule has 2 heterocycles. The molecule has 0 bridgehead atoms. The van der Waals surface area contributed by atoms with Gasteiger partial charge < -0.3 is 10.1 Å². The Labute approximate surface area is 169 Å². The summed E-state index contributed by atoms with van der Waals surface area (Å²) in [5.41, 5.74) is 3.09. The maximum atomic E-state index is 12.0. The van der Waals surface area contributed by atoms with Crippen molar-refractivity contribution in [2.75, 3.05) is 46.4 Å². The monoisotopic (exact) mass is 385 g/mol. The Morgan fingerprint density at radius 2 is 1.86 bits per heavy atom. The van der Waals surface area contributed by atoms with Gasteiger partial charge in [0, 0.05) is 32.8 Å². The Balaban J connectivity index is 1.26. The van der Waals surface area contributed by atoms with Gasteiger partial charge in [-0.1, -0.05) is 24.3 Å². The van der Waals surface area contributed by atoms with E-state index in [4.69, 9.17) is 4.74 Å². The zero-order chi connectivity index (χ0) is 19.3. The fourth-order valence-corrected chi connectivity index (χ4v) is 5.22. The lowest BCUT2D eigenvalue weighted by molar-refractivity contribution is -0.122. The molecule has 2 saturated heterocycles. The van der Waals surface area contributed by atoms with E-state index in [0.717, 1.165) is 32.5 Å². The van der Waals surface area contributed by atoms with Crippen LogP contribution in [0.4, 0.5) is 0 Å². The third-order valence-corrected chi connectivity index (χ3v) is 6.84. The van der Waals surface area contributed by atoms with Crippen LogP contribution in [0.15, 0.2) is 24.3 Å². The number of ether oxygens (including phenoxy) is 1. The normalized spacial score (nSPS) is 24.0. The molecule has 1 atom stereocenters. The highest BCUT2D eigenvalue weighted by atomic mass is 16.5. The second kappa shape index (κ2) is 9.38. The number of hydrogen-bond acceptors (Lipinski definition) is 4. The number of carbonyl (C=O) groups is 1. The van der Waals surface area contributed by atoms with Gasteiger partial charge in [0.2, 0.25) is 5.91 Å². The van der Waals surface area contributed by atoms with Gasteiger partial charge in [-0.25, -0.2) is 0 Å². The average Bonchev–Trinajstić information content (AvgIpc) is 3.37. The molecular weight excluding hydrogens is 350 g/mol. The fraction of sp³-hybridized carbons (Fsp3) is 0.696. The van der Waals surface area contributed by atoms with Crippen LogP contribution in [-0.4, -0.2) is 74.2 Å². The summed E-state index contributed by atoms with van der Waals surface area (Å²) in [5, 5.41) is 2.78. The number of nitrogens with zero attached hydrogens (tertiary/aromatic N) is 2. The molecule has 0 unspecified atom stereocenters. The maximum Gasteiger partial charge on any atom is 0.233 e. The van der Waals surface area contributed by atoms with Gasteiger partial charge in [0.1, 0.15) is 0 Å². The molecule has 0 spiro atoms. The molecule has 154 valence electrons. The molecule has 1 aromatic rings. The summed E-state index contributed by atoms with van der Waals surface area (Å²) in [5.74, 6) is 0.797. The van der Waals surface area contributed by atoms with E-state index in [0.29, 0.717) is 24.6 Å². The Bertz CT molecular complexity index is 626. The lowest BCUT2D eigenvalue weighted by Gasteiger charge is -2.38. The second-order valence-corrected chi connectivity index (χ2v) is 8.81. The summed E-state index contributed by atoms with van der Waals surface area (Å²) >= 11 is 0. The van der Waals surface area contributed by atoms with Gasteiger partial charge in [0.05, 0.1) is 12.6 Å². The summed E-state index contributed by atoms with van der Waals surface area (Å²) in [7, 11) is 1.73. The van der Waals surface area contributed by atoms with Gasteiger partial charge >= 0.3 is 0 Å². The van der Waals surface area contributed by atoms with Crippen LogP contribution in [0.3, 0.4) is 0 Å². The van der Waals surface area contributed by atoms with Crippen molar-refractivity contribution >= 4 is 5.91 Å². The molecule has 0 radical (unpaired) electrons. The van der Waals surface area contributed by atoms with Crippen LogP contribution in [-0.2, 0) is 22.4 Å². The van der Waals surface area contributed by atoms with Gasteiger partial charge in [0.15, 0.2) is 0 Å².